The second kappa shape index (κ2) is 4.40. The molecule has 0 saturated carbocycles. The van der Waals surface area contributed by atoms with E-state index in [0.29, 0.717) is 0 Å². The molecule has 92 valence electrons. The number of esters is 1. The second-order valence-corrected chi connectivity index (χ2v) is 5.02. The van der Waals surface area contributed by atoms with Gasteiger partial charge in [-0.1, -0.05) is 12.1 Å². The molecule has 0 amide bonds. The van der Waals surface area contributed by atoms with Gasteiger partial charge in [-0.3, -0.25) is 4.79 Å². The van der Waals surface area contributed by atoms with Gasteiger partial charge < -0.3 is 10.1 Å². The van der Waals surface area contributed by atoms with Crippen molar-refractivity contribution >= 4 is 11.7 Å². The fraction of sp³-hybridized carbons (Fsp3) is 0.500. The SMILES string of the molecule is COC(=O)C(C)(C)c1ccc2c(c1)CCCN2. The van der Waals surface area contributed by atoms with Crippen molar-refractivity contribution in [1.82, 2.24) is 0 Å². The molecular weight excluding hydrogens is 214 g/mol. The number of carbonyl (C=O) groups is 1. The number of nitrogens with one attached hydrogen (secondary N) is 1. The molecule has 3 heteroatoms. The predicted molar refractivity (Wildman–Crippen MR) is 68.3 cm³/mol. The van der Waals surface area contributed by atoms with Crippen LogP contribution in [0, 0.1) is 0 Å². The number of aryl methyl sites for hydroxylation is 1. The minimum absolute atomic E-state index is 0.193. The van der Waals surface area contributed by atoms with E-state index < -0.39 is 5.41 Å². The van der Waals surface area contributed by atoms with Crippen molar-refractivity contribution in [1.29, 1.82) is 0 Å². The molecule has 0 aromatic heterocycles. The zero-order valence-electron chi connectivity index (χ0n) is 10.7. The van der Waals surface area contributed by atoms with Gasteiger partial charge in [-0.05, 0) is 43.9 Å². The molecule has 1 aliphatic rings. The predicted octanol–water partition coefficient (Wildman–Crippen LogP) is 2.50. The van der Waals surface area contributed by atoms with Gasteiger partial charge in [0, 0.05) is 12.2 Å². The Labute approximate surface area is 102 Å². The maximum Gasteiger partial charge on any atom is 0.315 e. The molecule has 17 heavy (non-hydrogen) atoms. The Hall–Kier alpha value is -1.51. The fourth-order valence-electron chi connectivity index (χ4n) is 2.24. The highest BCUT2D eigenvalue weighted by atomic mass is 16.5. The summed E-state index contributed by atoms with van der Waals surface area (Å²) in [6.07, 6.45) is 2.22. The summed E-state index contributed by atoms with van der Waals surface area (Å²) in [5.41, 5.74) is 2.93. The Morgan fingerprint density at radius 1 is 1.41 bits per heavy atom. The number of ether oxygens (including phenoxy) is 1. The van der Waals surface area contributed by atoms with Crippen LogP contribution in [-0.4, -0.2) is 19.6 Å². The first-order chi connectivity index (χ1) is 8.05. The van der Waals surface area contributed by atoms with Crippen molar-refractivity contribution in [3.05, 3.63) is 29.3 Å². The molecule has 1 aliphatic heterocycles. The maximum atomic E-state index is 11.8. The largest absolute Gasteiger partial charge is 0.468 e. The van der Waals surface area contributed by atoms with Gasteiger partial charge in [-0.25, -0.2) is 0 Å². The number of rotatable bonds is 2. The molecule has 0 spiro atoms. The van der Waals surface area contributed by atoms with Crippen molar-refractivity contribution in [2.45, 2.75) is 32.1 Å². The van der Waals surface area contributed by atoms with Gasteiger partial charge in [0.05, 0.1) is 12.5 Å². The van der Waals surface area contributed by atoms with E-state index in [1.54, 1.807) is 0 Å². The van der Waals surface area contributed by atoms with Crippen LogP contribution >= 0.6 is 0 Å². The Kier molecular flexibility index (Phi) is 3.09. The third-order valence-corrected chi connectivity index (χ3v) is 3.46. The highest BCUT2D eigenvalue weighted by Crippen LogP contribution is 2.30. The molecule has 0 bridgehead atoms. The van der Waals surface area contributed by atoms with Gasteiger partial charge in [0.1, 0.15) is 0 Å². The topological polar surface area (TPSA) is 38.3 Å². The summed E-state index contributed by atoms with van der Waals surface area (Å²) in [6, 6.07) is 6.20. The van der Waals surface area contributed by atoms with E-state index in [1.807, 2.05) is 19.9 Å². The van der Waals surface area contributed by atoms with Crippen molar-refractivity contribution in [2.75, 3.05) is 19.0 Å². The molecule has 0 fully saturated rings. The summed E-state index contributed by atoms with van der Waals surface area (Å²) in [6.45, 7) is 4.83. The lowest BCUT2D eigenvalue weighted by molar-refractivity contribution is -0.146. The Morgan fingerprint density at radius 3 is 2.88 bits per heavy atom. The van der Waals surface area contributed by atoms with Crippen LogP contribution in [0.25, 0.3) is 0 Å². The van der Waals surface area contributed by atoms with Crippen molar-refractivity contribution in [2.24, 2.45) is 0 Å². The summed E-state index contributed by atoms with van der Waals surface area (Å²) in [5, 5.41) is 3.37. The number of fused-ring (bicyclic) bond motifs is 1. The highest BCUT2D eigenvalue weighted by Gasteiger charge is 2.31. The van der Waals surface area contributed by atoms with Crippen LogP contribution in [0.15, 0.2) is 18.2 Å². The van der Waals surface area contributed by atoms with E-state index in [0.717, 1.165) is 24.9 Å². The van der Waals surface area contributed by atoms with Crippen molar-refractivity contribution < 1.29 is 9.53 Å². The van der Waals surface area contributed by atoms with E-state index in [4.69, 9.17) is 4.74 Å². The zero-order chi connectivity index (χ0) is 12.5. The quantitative estimate of drug-likeness (QED) is 0.798. The molecule has 3 nitrogen and oxygen atoms in total. The lowest BCUT2D eigenvalue weighted by Gasteiger charge is -2.25. The number of hydrogen-bond donors (Lipinski definition) is 1. The zero-order valence-corrected chi connectivity index (χ0v) is 10.7. The Balaban J connectivity index is 2.36. The maximum absolute atomic E-state index is 11.8. The van der Waals surface area contributed by atoms with Gasteiger partial charge in [0.15, 0.2) is 0 Å². The molecule has 0 aliphatic carbocycles. The number of anilines is 1. The van der Waals surface area contributed by atoms with Crippen LogP contribution in [0.2, 0.25) is 0 Å². The van der Waals surface area contributed by atoms with Crippen LogP contribution in [0.1, 0.15) is 31.4 Å². The molecule has 0 atom stereocenters. The minimum atomic E-state index is -0.582. The van der Waals surface area contributed by atoms with Crippen LogP contribution < -0.4 is 5.32 Å². The third kappa shape index (κ3) is 2.14. The number of carbonyl (C=O) groups excluding carboxylic acids is 1. The number of benzene rings is 1. The summed E-state index contributed by atoms with van der Waals surface area (Å²) in [5.74, 6) is -0.193. The number of hydrogen-bond acceptors (Lipinski definition) is 3. The van der Waals surface area contributed by atoms with Gasteiger partial charge in [-0.15, -0.1) is 0 Å². The molecule has 0 unspecified atom stereocenters. The van der Waals surface area contributed by atoms with Crippen LogP contribution in [0.4, 0.5) is 5.69 Å². The van der Waals surface area contributed by atoms with Crippen molar-refractivity contribution in [3.63, 3.8) is 0 Å². The van der Waals surface area contributed by atoms with E-state index in [-0.39, 0.29) is 5.97 Å². The van der Waals surface area contributed by atoms with Crippen LogP contribution in [0.5, 0.6) is 0 Å². The first-order valence-electron chi connectivity index (χ1n) is 6.01. The van der Waals surface area contributed by atoms with Crippen molar-refractivity contribution in [3.8, 4) is 0 Å². The smallest absolute Gasteiger partial charge is 0.315 e. The normalized spacial score (nSPS) is 14.8. The molecule has 1 heterocycles. The van der Waals surface area contributed by atoms with Gasteiger partial charge in [-0.2, -0.15) is 0 Å². The monoisotopic (exact) mass is 233 g/mol. The Morgan fingerprint density at radius 2 is 2.18 bits per heavy atom. The lowest BCUT2D eigenvalue weighted by Crippen LogP contribution is -2.30. The lowest BCUT2D eigenvalue weighted by atomic mass is 9.83. The summed E-state index contributed by atoms with van der Waals surface area (Å²) in [4.78, 5) is 11.8. The van der Waals surface area contributed by atoms with Crippen LogP contribution in [0.3, 0.4) is 0 Å². The second-order valence-electron chi connectivity index (χ2n) is 5.02. The van der Waals surface area contributed by atoms with Gasteiger partial charge in [0.2, 0.25) is 0 Å². The molecule has 0 radical (unpaired) electrons. The molecule has 2 rings (SSSR count). The first kappa shape index (κ1) is 12.0. The average molecular weight is 233 g/mol. The summed E-state index contributed by atoms with van der Waals surface area (Å²) in [7, 11) is 1.43. The van der Waals surface area contributed by atoms with E-state index in [2.05, 4.69) is 17.4 Å². The number of methoxy groups -OCH3 is 1. The van der Waals surface area contributed by atoms with Gasteiger partial charge >= 0.3 is 5.97 Å². The Bertz CT molecular complexity index is 438. The summed E-state index contributed by atoms with van der Waals surface area (Å²) < 4.78 is 4.86. The minimum Gasteiger partial charge on any atom is -0.468 e. The standard InChI is InChI=1S/C14H19NO2/c1-14(2,13(16)17-3)11-6-7-12-10(9-11)5-4-8-15-12/h6-7,9,15H,4-5,8H2,1-3H3. The average Bonchev–Trinajstić information content (AvgIpc) is 2.37. The molecule has 1 aromatic rings. The highest BCUT2D eigenvalue weighted by molar-refractivity contribution is 5.82. The molecular formula is C14H19NO2. The molecule has 0 saturated heterocycles. The van der Waals surface area contributed by atoms with E-state index in [9.17, 15) is 4.79 Å². The fourth-order valence-corrected chi connectivity index (χ4v) is 2.24. The van der Waals surface area contributed by atoms with E-state index in [1.165, 1.54) is 18.4 Å². The molecule has 1 aromatic carbocycles. The first-order valence-corrected chi connectivity index (χ1v) is 6.01. The van der Waals surface area contributed by atoms with Crippen LogP contribution in [-0.2, 0) is 21.4 Å². The molecule has 1 N–H and O–H groups in total. The van der Waals surface area contributed by atoms with E-state index >= 15 is 0 Å². The van der Waals surface area contributed by atoms with Gasteiger partial charge in [0.25, 0.3) is 0 Å². The summed E-state index contributed by atoms with van der Waals surface area (Å²) >= 11 is 0. The third-order valence-electron chi connectivity index (χ3n) is 3.46.